The molecule has 3 heterocycles. The predicted molar refractivity (Wildman–Crippen MR) is 106 cm³/mol. The maximum Gasteiger partial charge on any atom is 0.255 e. The molecule has 154 valence electrons. The molecule has 3 aliphatic heterocycles. The third-order valence-corrected chi connectivity index (χ3v) is 6.36. The molecular formula is C22H32N2O4. The number of aryl methyl sites for hydroxylation is 1. The molecule has 0 saturated carbocycles. The van der Waals surface area contributed by atoms with Crippen LogP contribution < -0.4 is 0 Å². The predicted octanol–water partition coefficient (Wildman–Crippen LogP) is 1.81. The monoisotopic (exact) mass is 388 g/mol. The van der Waals surface area contributed by atoms with Gasteiger partial charge in [-0.2, -0.15) is 0 Å². The number of hydrogen-bond donors (Lipinski definition) is 1. The molecule has 6 nitrogen and oxygen atoms in total. The highest BCUT2D eigenvalue weighted by Crippen LogP contribution is 2.33. The number of ether oxygens (including phenoxy) is 2. The molecule has 1 amide bonds. The van der Waals surface area contributed by atoms with Gasteiger partial charge in [0.05, 0.1) is 13.2 Å². The van der Waals surface area contributed by atoms with Crippen LogP contribution in [-0.2, 0) is 20.7 Å². The lowest BCUT2D eigenvalue weighted by Crippen LogP contribution is -2.60. The van der Waals surface area contributed by atoms with E-state index in [1.165, 1.54) is 5.56 Å². The van der Waals surface area contributed by atoms with Crippen molar-refractivity contribution in [1.82, 2.24) is 9.80 Å². The Morgan fingerprint density at radius 2 is 1.71 bits per heavy atom. The molecule has 1 spiro atoms. The van der Waals surface area contributed by atoms with Crippen LogP contribution in [0.1, 0.15) is 37.7 Å². The Balaban J connectivity index is 1.28. The van der Waals surface area contributed by atoms with E-state index in [0.717, 1.165) is 51.7 Å². The first-order valence-corrected chi connectivity index (χ1v) is 10.6. The van der Waals surface area contributed by atoms with Crippen molar-refractivity contribution >= 4 is 5.91 Å². The lowest BCUT2D eigenvalue weighted by atomic mass is 9.89. The van der Waals surface area contributed by atoms with Gasteiger partial charge in [-0.1, -0.05) is 30.3 Å². The summed E-state index contributed by atoms with van der Waals surface area (Å²) in [7, 11) is 0. The van der Waals surface area contributed by atoms with Crippen LogP contribution in [0.3, 0.4) is 0 Å². The molecule has 3 aliphatic rings. The molecule has 1 aromatic carbocycles. The summed E-state index contributed by atoms with van der Waals surface area (Å²) in [6, 6.07) is 10.4. The zero-order valence-corrected chi connectivity index (χ0v) is 16.6. The molecule has 0 aliphatic carbocycles. The van der Waals surface area contributed by atoms with Gasteiger partial charge in [-0.05, 0) is 31.2 Å². The average Bonchev–Trinajstić information content (AvgIpc) is 3.16. The Morgan fingerprint density at radius 1 is 1.00 bits per heavy atom. The van der Waals surface area contributed by atoms with Gasteiger partial charge in [0, 0.05) is 45.6 Å². The molecule has 1 aromatic rings. The van der Waals surface area contributed by atoms with Crippen molar-refractivity contribution < 1.29 is 19.4 Å². The number of amides is 1. The minimum atomic E-state index is -1.26. The average molecular weight is 389 g/mol. The smallest absolute Gasteiger partial charge is 0.255 e. The normalized spacial score (nSPS) is 28.2. The topological polar surface area (TPSA) is 62.2 Å². The fourth-order valence-electron chi connectivity index (χ4n) is 4.75. The quantitative estimate of drug-likeness (QED) is 0.805. The van der Waals surface area contributed by atoms with E-state index in [4.69, 9.17) is 9.47 Å². The summed E-state index contributed by atoms with van der Waals surface area (Å²) in [5.74, 6) is -0.514. The van der Waals surface area contributed by atoms with Crippen LogP contribution in [0.5, 0.6) is 0 Å². The van der Waals surface area contributed by atoms with Gasteiger partial charge in [-0.15, -0.1) is 0 Å². The number of carbonyl (C=O) groups excluding carboxylic acids is 1. The standard InChI is InChI=1S/C22H32N2O4/c25-20-21(26,18-23-14-10-22(11-15-23)27-16-17-28-22)9-5-13-24(20)12-4-8-19-6-2-1-3-7-19/h1-3,6-7,26H,4-5,8-18H2/t21-/m1/s1. The minimum absolute atomic E-state index is 0.0968. The third-order valence-electron chi connectivity index (χ3n) is 6.36. The number of hydrogen-bond acceptors (Lipinski definition) is 5. The van der Waals surface area contributed by atoms with Gasteiger partial charge in [0.1, 0.15) is 0 Å². The summed E-state index contributed by atoms with van der Waals surface area (Å²) < 4.78 is 11.6. The highest BCUT2D eigenvalue weighted by atomic mass is 16.7. The van der Waals surface area contributed by atoms with E-state index in [0.29, 0.717) is 32.7 Å². The lowest BCUT2D eigenvalue weighted by molar-refractivity contribution is -0.190. The Bertz CT molecular complexity index is 652. The number of β-amino-alcohol motifs (C(OH)–C–C–N with tert-alkyl or cyclic N) is 1. The van der Waals surface area contributed by atoms with Gasteiger partial charge in [0.15, 0.2) is 11.4 Å². The number of nitrogens with zero attached hydrogens (tertiary/aromatic N) is 2. The van der Waals surface area contributed by atoms with Crippen molar-refractivity contribution in [3.63, 3.8) is 0 Å². The highest BCUT2D eigenvalue weighted by molar-refractivity contribution is 5.86. The Morgan fingerprint density at radius 3 is 2.43 bits per heavy atom. The molecule has 1 N–H and O–H groups in total. The zero-order valence-electron chi connectivity index (χ0n) is 16.6. The second-order valence-corrected chi connectivity index (χ2v) is 8.40. The number of likely N-dealkylation sites (tertiary alicyclic amines) is 2. The van der Waals surface area contributed by atoms with Crippen molar-refractivity contribution in [2.75, 3.05) is 45.9 Å². The van der Waals surface area contributed by atoms with Gasteiger partial charge < -0.3 is 19.5 Å². The van der Waals surface area contributed by atoms with Crippen molar-refractivity contribution in [2.45, 2.75) is 49.9 Å². The first-order chi connectivity index (χ1) is 13.6. The molecule has 0 aromatic heterocycles. The van der Waals surface area contributed by atoms with Crippen LogP contribution in [0.15, 0.2) is 30.3 Å². The molecule has 28 heavy (non-hydrogen) atoms. The van der Waals surface area contributed by atoms with E-state index in [9.17, 15) is 9.90 Å². The van der Waals surface area contributed by atoms with Gasteiger partial charge >= 0.3 is 0 Å². The molecule has 3 saturated heterocycles. The molecule has 4 rings (SSSR count). The third kappa shape index (κ3) is 4.40. The van der Waals surface area contributed by atoms with Gasteiger partial charge in [0.25, 0.3) is 5.91 Å². The van der Waals surface area contributed by atoms with Crippen LogP contribution >= 0.6 is 0 Å². The second-order valence-electron chi connectivity index (χ2n) is 8.40. The molecular weight excluding hydrogens is 356 g/mol. The van der Waals surface area contributed by atoms with Crippen LogP contribution in [0.25, 0.3) is 0 Å². The first kappa shape index (κ1) is 19.8. The molecule has 0 bridgehead atoms. The number of benzene rings is 1. The number of carbonyl (C=O) groups is 1. The summed E-state index contributed by atoms with van der Waals surface area (Å²) in [5, 5.41) is 11.1. The van der Waals surface area contributed by atoms with Crippen LogP contribution in [0, 0.1) is 0 Å². The van der Waals surface area contributed by atoms with Crippen molar-refractivity contribution in [1.29, 1.82) is 0 Å². The Hall–Kier alpha value is -1.47. The Labute approximate surface area is 167 Å². The number of piperidine rings is 2. The first-order valence-electron chi connectivity index (χ1n) is 10.6. The second kappa shape index (κ2) is 8.49. The zero-order chi connectivity index (χ0) is 19.5. The summed E-state index contributed by atoms with van der Waals surface area (Å²) in [6.45, 7) is 4.80. The SMILES string of the molecule is O=C1N(CCCc2ccccc2)CCC[C@@]1(O)CN1CCC2(CC1)OCCO2. The number of rotatable bonds is 6. The summed E-state index contributed by atoms with van der Waals surface area (Å²) in [6.07, 6.45) is 4.90. The van der Waals surface area contributed by atoms with E-state index >= 15 is 0 Å². The van der Waals surface area contributed by atoms with E-state index in [1.807, 2.05) is 23.1 Å². The number of aliphatic hydroxyl groups is 1. The highest BCUT2D eigenvalue weighted by Gasteiger charge is 2.46. The molecule has 1 atom stereocenters. The Kier molecular flexibility index (Phi) is 6.01. The van der Waals surface area contributed by atoms with E-state index in [1.54, 1.807) is 0 Å². The van der Waals surface area contributed by atoms with Crippen molar-refractivity contribution in [2.24, 2.45) is 0 Å². The summed E-state index contributed by atoms with van der Waals surface area (Å²) in [4.78, 5) is 17.1. The van der Waals surface area contributed by atoms with E-state index < -0.39 is 11.4 Å². The van der Waals surface area contributed by atoms with Gasteiger partial charge in [-0.25, -0.2) is 0 Å². The molecule has 6 heteroatoms. The summed E-state index contributed by atoms with van der Waals surface area (Å²) in [5.41, 5.74) is 0.0354. The van der Waals surface area contributed by atoms with Crippen molar-refractivity contribution in [3.05, 3.63) is 35.9 Å². The fraction of sp³-hybridized carbons (Fsp3) is 0.682. The van der Waals surface area contributed by atoms with E-state index in [-0.39, 0.29) is 5.91 Å². The van der Waals surface area contributed by atoms with Crippen LogP contribution in [0.2, 0.25) is 0 Å². The van der Waals surface area contributed by atoms with Crippen LogP contribution in [0.4, 0.5) is 0 Å². The lowest BCUT2D eigenvalue weighted by Gasteiger charge is -2.43. The maximum absolute atomic E-state index is 13.0. The van der Waals surface area contributed by atoms with E-state index in [2.05, 4.69) is 17.0 Å². The van der Waals surface area contributed by atoms with Gasteiger partial charge in [0.2, 0.25) is 0 Å². The maximum atomic E-state index is 13.0. The molecule has 0 unspecified atom stereocenters. The fourth-order valence-corrected chi connectivity index (χ4v) is 4.75. The summed E-state index contributed by atoms with van der Waals surface area (Å²) >= 11 is 0. The van der Waals surface area contributed by atoms with Crippen LogP contribution in [-0.4, -0.2) is 78.1 Å². The molecule has 0 radical (unpaired) electrons. The largest absolute Gasteiger partial charge is 0.379 e. The van der Waals surface area contributed by atoms with Gasteiger partial charge in [-0.3, -0.25) is 9.69 Å². The van der Waals surface area contributed by atoms with Crippen molar-refractivity contribution in [3.8, 4) is 0 Å². The minimum Gasteiger partial charge on any atom is -0.379 e. The molecule has 3 fully saturated rings.